The van der Waals surface area contributed by atoms with Crippen molar-refractivity contribution in [2.45, 2.75) is 45.8 Å². The van der Waals surface area contributed by atoms with Crippen LogP contribution in [0.25, 0.3) is 0 Å². The molecule has 0 aliphatic carbocycles. The van der Waals surface area contributed by atoms with Crippen LogP contribution < -0.4 is 10.8 Å². The minimum absolute atomic E-state index is 0.189. The van der Waals surface area contributed by atoms with Crippen molar-refractivity contribution in [2.75, 3.05) is 6.61 Å². The first kappa shape index (κ1) is 18.0. The van der Waals surface area contributed by atoms with Gasteiger partial charge in [-0.15, -0.1) is 0 Å². The second-order valence-corrected chi connectivity index (χ2v) is 5.91. The summed E-state index contributed by atoms with van der Waals surface area (Å²) in [4.78, 5) is 28.0. The first-order chi connectivity index (χ1) is 10.4. The predicted molar refractivity (Wildman–Crippen MR) is 82.8 cm³/mol. The molecule has 2 N–H and O–H groups in total. The minimum Gasteiger partial charge on any atom is -0.450 e. The third-order valence-electron chi connectivity index (χ3n) is 2.53. The molecule has 0 bridgehead atoms. The molecule has 6 heteroatoms. The molecule has 1 aromatic carbocycles. The van der Waals surface area contributed by atoms with Gasteiger partial charge in [0.2, 0.25) is 5.91 Å². The van der Waals surface area contributed by atoms with Crippen LogP contribution in [-0.4, -0.2) is 24.1 Å². The van der Waals surface area contributed by atoms with Gasteiger partial charge in [-0.2, -0.15) is 0 Å². The molecule has 0 unspecified atom stereocenters. The molecular formula is C16H24N2O4. The molecule has 0 saturated carbocycles. The van der Waals surface area contributed by atoms with E-state index in [1.807, 2.05) is 51.1 Å². The molecule has 6 nitrogen and oxygen atoms in total. The number of carbonyl (C=O) groups is 2. The summed E-state index contributed by atoms with van der Waals surface area (Å²) >= 11 is 0. The molecule has 122 valence electrons. The third kappa shape index (κ3) is 8.97. The van der Waals surface area contributed by atoms with Crippen molar-refractivity contribution in [3.05, 3.63) is 35.9 Å². The number of carbonyl (C=O) groups excluding carboxylic acids is 2. The number of rotatable bonds is 7. The first-order valence-electron chi connectivity index (χ1n) is 7.26. The van der Waals surface area contributed by atoms with E-state index in [4.69, 9.17) is 9.57 Å². The van der Waals surface area contributed by atoms with Gasteiger partial charge in [-0.25, -0.2) is 10.3 Å². The maximum atomic E-state index is 11.5. The van der Waals surface area contributed by atoms with Gasteiger partial charge in [0, 0.05) is 12.0 Å². The lowest BCUT2D eigenvalue weighted by atomic mass is 10.1. The Morgan fingerprint density at radius 1 is 1.14 bits per heavy atom. The third-order valence-corrected chi connectivity index (χ3v) is 2.53. The van der Waals surface area contributed by atoms with Crippen LogP contribution in [0.1, 0.15) is 39.2 Å². The topological polar surface area (TPSA) is 76.7 Å². The van der Waals surface area contributed by atoms with Gasteiger partial charge in [0.25, 0.3) is 0 Å². The van der Waals surface area contributed by atoms with E-state index >= 15 is 0 Å². The lowest BCUT2D eigenvalue weighted by molar-refractivity contribution is -0.134. The first-order valence-corrected chi connectivity index (χ1v) is 7.26. The van der Waals surface area contributed by atoms with Crippen molar-refractivity contribution in [1.82, 2.24) is 10.8 Å². The number of hydroxylamine groups is 1. The molecular weight excluding hydrogens is 284 g/mol. The fourth-order valence-corrected chi connectivity index (χ4v) is 1.57. The van der Waals surface area contributed by atoms with Gasteiger partial charge < -0.3 is 10.1 Å². The molecule has 1 aromatic rings. The Kier molecular flexibility index (Phi) is 7.39. The summed E-state index contributed by atoms with van der Waals surface area (Å²) in [6.45, 7) is 6.11. The molecule has 0 aliphatic rings. The largest absolute Gasteiger partial charge is 0.450 e. The summed E-state index contributed by atoms with van der Waals surface area (Å²) in [5, 5.41) is 2.67. The average Bonchev–Trinajstić information content (AvgIpc) is 2.43. The number of hydrogen-bond donors (Lipinski definition) is 2. The van der Waals surface area contributed by atoms with Gasteiger partial charge in [-0.05, 0) is 32.8 Å². The highest BCUT2D eigenvalue weighted by atomic mass is 16.6. The van der Waals surface area contributed by atoms with Gasteiger partial charge in [-0.1, -0.05) is 30.3 Å². The fourth-order valence-electron chi connectivity index (χ4n) is 1.57. The second-order valence-electron chi connectivity index (χ2n) is 5.91. The van der Waals surface area contributed by atoms with E-state index in [1.54, 1.807) is 0 Å². The maximum Gasteiger partial charge on any atom is 0.407 e. The highest BCUT2D eigenvalue weighted by Gasteiger charge is 2.14. The molecule has 0 atom stereocenters. The fraction of sp³-hybridized carbons (Fsp3) is 0.500. The number of amides is 2. The smallest absolute Gasteiger partial charge is 0.407 e. The lowest BCUT2D eigenvalue weighted by Crippen LogP contribution is -2.41. The minimum atomic E-state index is -0.478. The molecule has 0 aliphatic heterocycles. The van der Waals surface area contributed by atoms with Crippen molar-refractivity contribution in [2.24, 2.45) is 0 Å². The van der Waals surface area contributed by atoms with Crippen LogP contribution in [-0.2, 0) is 21.0 Å². The highest BCUT2D eigenvalue weighted by Crippen LogP contribution is 2.01. The molecule has 0 fully saturated rings. The Labute approximate surface area is 131 Å². The van der Waals surface area contributed by atoms with Crippen LogP contribution in [0.5, 0.6) is 0 Å². The molecule has 2 amide bonds. The summed E-state index contributed by atoms with van der Waals surface area (Å²) in [6, 6.07) is 9.54. The Hall–Kier alpha value is -2.08. The zero-order valence-corrected chi connectivity index (χ0v) is 13.3. The number of hydrogen-bond acceptors (Lipinski definition) is 4. The van der Waals surface area contributed by atoms with Crippen molar-refractivity contribution >= 4 is 12.0 Å². The number of benzene rings is 1. The standard InChI is InChI=1S/C16H24N2O4/c1-16(2,3)17-15(20)21-11-7-10-14(19)18-22-12-13-8-5-4-6-9-13/h4-6,8-9H,7,10-12H2,1-3H3,(H,17,20)(H,18,19). The normalized spacial score (nSPS) is 10.9. The monoisotopic (exact) mass is 308 g/mol. The van der Waals surface area contributed by atoms with Gasteiger partial charge in [0.05, 0.1) is 13.2 Å². The van der Waals surface area contributed by atoms with E-state index < -0.39 is 6.09 Å². The molecule has 0 spiro atoms. The average molecular weight is 308 g/mol. The summed E-state index contributed by atoms with van der Waals surface area (Å²) in [7, 11) is 0. The molecule has 0 radical (unpaired) electrons. The van der Waals surface area contributed by atoms with E-state index in [-0.39, 0.29) is 24.5 Å². The van der Waals surface area contributed by atoms with Gasteiger partial charge >= 0.3 is 6.09 Å². The quantitative estimate of drug-likeness (QED) is 0.599. The van der Waals surface area contributed by atoms with Crippen molar-refractivity contribution in [3.63, 3.8) is 0 Å². The Morgan fingerprint density at radius 3 is 2.45 bits per heavy atom. The molecule has 0 saturated heterocycles. The summed E-state index contributed by atoms with van der Waals surface area (Å²) in [5.41, 5.74) is 3.01. The van der Waals surface area contributed by atoms with E-state index in [0.29, 0.717) is 13.0 Å². The highest BCUT2D eigenvalue weighted by molar-refractivity contribution is 5.74. The van der Waals surface area contributed by atoms with Crippen LogP contribution in [0, 0.1) is 0 Å². The molecule has 22 heavy (non-hydrogen) atoms. The van der Waals surface area contributed by atoms with E-state index in [2.05, 4.69) is 10.8 Å². The number of nitrogens with one attached hydrogen (secondary N) is 2. The summed E-state index contributed by atoms with van der Waals surface area (Å²) < 4.78 is 4.97. The van der Waals surface area contributed by atoms with Crippen LogP contribution in [0.2, 0.25) is 0 Å². The van der Waals surface area contributed by atoms with Crippen LogP contribution in [0.4, 0.5) is 4.79 Å². The Bertz CT molecular complexity index is 469. The zero-order valence-electron chi connectivity index (χ0n) is 13.3. The maximum absolute atomic E-state index is 11.5. The van der Waals surface area contributed by atoms with E-state index in [9.17, 15) is 9.59 Å². The zero-order chi connectivity index (χ0) is 16.4. The predicted octanol–water partition coefficient (Wildman–Crippen LogP) is 2.54. The van der Waals surface area contributed by atoms with E-state index in [0.717, 1.165) is 5.56 Å². The van der Waals surface area contributed by atoms with Gasteiger partial charge in [0.15, 0.2) is 0 Å². The summed E-state index contributed by atoms with van der Waals surface area (Å²) in [5.74, 6) is -0.240. The number of alkyl carbamates (subject to hydrolysis) is 1. The van der Waals surface area contributed by atoms with Crippen LogP contribution in [0.15, 0.2) is 30.3 Å². The molecule has 1 rings (SSSR count). The molecule has 0 aromatic heterocycles. The van der Waals surface area contributed by atoms with Crippen LogP contribution >= 0.6 is 0 Å². The van der Waals surface area contributed by atoms with E-state index in [1.165, 1.54) is 0 Å². The van der Waals surface area contributed by atoms with Crippen molar-refractivity contribution in [1.29, 1.82) is 0 Å². The van der Waals surface area contributed by atoms with Crippen molar-refractivity contribution < 1.29 is 19.2 Å². The lowest BCUT2D eigenvalue weighted by Gasteiger charge is -2.19. The molecule has 0 heterocycles. The Balaban J connectivity index is 2.05. The SMILES string of the molecule is CC(C)(C)NC(=O)OCCCC(=O)NOCc1ccccc1. The van der Waals surface area contributed by atoms with Gasteiger partial charge in [-0.3, -0.25) is 9.63 Å². The van der Waals surface area contributed by atoms with Gasteiger partial charge in [0.1, 0.15) is 0 Å². The van der Waals surface area contributed by atoms with Crippen LogP contribution in [0.3, 0.4) is 0 Å². The Morgan fingerprint density at radius 2 is 1.82 bits per heavy atom. The van der Waals surface area contributed by atoms with Crippen molar-refractivity contribution in [3.8, 4) is 0 Å². The number of ether oxygens (including phenoxy) is 1. The second kappa shape index (κ2) is 9.04. The summed E-state index contributed by atoms with van der Waals surface area (Å²) in [6.07, 6.45) is 0.198.